The van der Waals surface area contributed by atoms with Crippen molar-refractivity contribution >= 4 is 33.0 Å². The minimum absolute atomic E-state index is 0.210. The number of halogens is 1. The topological polar surface area (TPSA) is 63.2 Å². The van der Waals surface area contributed by atoms with Crippen molar-refractivity contribution in [3.8, 4) is 0 Å². The minimum Gasteiger partial charge on any atom is -0.322 e. The molecule has 104 valence electrons. The number of hydrogen-bond acceptors (Lipinski definition) is 3. The third-order valence-corrected chi connectivity index (χ3v) is 4.03. The van der Waals surface area contributed by atoms with Crippen LogP contribution in [0.3, 0.4) is 0 Å². The monoisotopic (exact) mass is 309 g/mol. The molecule has 20 heavy (non-hydrogen) atoms. The third kappa shape index (κ3) is 3.59. The van der Waals surface area contributed by atoms with Crippen LogP contribution in [0.5, 0.6) is 0 Å². The summed E-state index contributed by atoms with van der Waals surface area (Å²) >= 11 is 5.75. The first-order valence-electron chi connectivity index (χ1n) is 5.73. The summed E-state index contributed by atoms with van der Waals surface area (Å²) < 4.78 is 22.6. The van der Waals surface area contributed by atoms with E-state index in [1.807, 2.05) is 0 Å². The van der Waals surface area contributed by atoms with Crippen molar-refractivity contribution in [2.45, 2.75) is 4.90 Å². The summed E-state index contributed by atoms with van der Waals surface area (Å²) in [6.45, 7) is 0. The molecule has 0 heterocycles. The molecule has 6 heteroatoms. The largest absolute Gasteiger partial charge is 0.322 e. The fourth-order valence-electron chi connectivity index (χ4n) is 1.59. The van der Waals surface area contributed by atoms with Crippen molar-refractivity contribution in [2.24, 2.45) is 0 Å². The van der Waals surface area contributed by atoms with Gasteiger partial charge in [-0.2, -0.15) is 0 Å². The van der Waals surface area contributed by atoms with E-state index in [1.165, 1.54) is 12.1 Å². The molecule has 1 N–H and O–H groups in total. The average molecular weight is 310 g/mol. The Kier molecular flexibility index (Phi) is 4.11. The molecule has 0 saturated heterocycles. The Morgan fingerprint density at radius 1 is 1.00 bits per heavy atom. The first kappa shape index (κ1) is 14.6. The van der Waals surface area contributed by atoms with E-state index in [0.29, 0.717) is 16.3 Å². The zero-order chi connectivity index (χ0) is 14.8. The minimum atomic E-state index is -3.23. The van der Waals surface area contributed by atoms with Gasteiger partial charge in [0.25, 0.3) is 5.91 Å². The smallest absolute Gasteiger partial charge is 0.255 e. The lowest BCUT2D eigenvalue weighted by atomic mass is 10.2. The maximum Gasteiger partial charge on any atom is 0.255 e. The van der Waals surface area contributed by atoms with Crippen molar-refractivity contribution in [1.82, 2.24) is 0 Å². The molecule has 0 saturated carbocycles. The van der Waals surface area contributed by atoms with Gasteiger partial charge in [0.1, 0.15) is 0 Å². The standard InChI is InChI=1S/C14H12ClNO3S/c1-20(18,19)13-8-6-12(7-9-13)16-14(17)10-2-4-11(15)5-3-10/h2-9H,1H3,(H,16,17). The molecule has 0 spiro atoms. The molecule has 0 aliphatic rings. The lowest BCUT2D eigenvalue weighted by Gasteiger charge is -2.06. The third-order valence-electron chi connectivity index (χ3n) is 2.65. The van der Waals surface area contributed by atoms with Gasteiger partial charge in [-0.3, -0.25) is 4.79 Å². The molecule has 0 atom stereocenters. The van der Waals surface area contributed by atoms with E-state index >= 15 is 0 Å². The van der Waals surface area contributed by atoms with Crippen molar-refractivity contribution in [3.63, 3.8) is 0 Å². The molecule has 0 fully saturated rings. The van der Waals surface area contributed by atoms with Crippen LogP contribution in [0.15, 0.2) is 53.4 Å². The van der Waals surface area contributed by atoms with Crippen LogP contribution in [0.1, 0.15) is 10.4 Å². The molecule has 2 aromatic rings. The van der Waals surface area contributed by atoms with Crippen LogP contribution in [0.2, 0.25) is 5.02 Å². The molecule has 0 radical (unpaired) electrons. The number of carbonyl (C=O) groups is 1. The van der Waals surface area contributed by atoms with E-state index in [0.717, 1.165) is 6.26 Å². The van der Waals surface area contributed by atoms with Crippen LogP contribution in [0, 0.1) is 0 Å². The van der Waals surface area contributed by atoms with E-state index in [1.54, 1.807) is 36.4 Å². The lowest BCUT2D eigenvalue weighted by molar-refractivity contribution is 0.102. The van der Waals surface area contributed by atoms with E-state index < -0.39 is 9.84 Å². The van der Waals surface area contributed by atoms with Crippen molar-refractivity contribution in [1.29, 1.82) is 0 Å². The number of nitrogens with one attached hydrogen (secondary N) is 1. The number of amides is 1. The van der Waals surface area contributed by atoms with Crippen LogP contribution in [-0.4, -0.2) is 20.6 Å². The SMILES string of the molecule is CS(=O)(=O)c1ccc(NC(=O)c2ccc(Cl)cc2)cc1. The molecule has 0 aromatic heterocycles. The van der Waals surface area contributed by atoms with E-state index in [9.17, 15) is 13.2 Å². The predicted octanol–water partition coefficient (Wildman–Crippen LogP) is 3.00. The second-order valence-electron chi connectivity index (χ2n) is 4.26. The van der Waals surface area contributed by atoms with Gasteiger partial charge in [-0.15, -0.1) is 0 Å². The molecule has 2 rings (SSSR count). The highest BCUT2D eigenvalue weighted by atomic mass is 35.5. The van der Waals surface area contributed by atoms with Crippen LogP contribution in [0.25, 0.3) is 0 Å². The highest BCUT2D eigenvalue weighted by Crippen LogP contribution is 2.15. The Morgan fingerprint density at radius 2 is 1.55 bits per heavy atom. The number of benzene rings is 2. The maximum atomic E-state index is 11.9. The van der Waals surface area contributed by atoms with Gasteiger partial charge in [-0.05, 0) is 48.5 Å². The molecule has 4 nitrogen and oxygen atoms in total. The van der Waals surface area contributed by atoms with Gasteiger partial charge in [-0.25, -0.2) is 8.42 Å². The number of sulfone groups is 1. The van der Waals surface area contributed by atoms with Crippen LogP contribution in [-0.2, 0) is 9.84 Å². The highest BCUT2D eigenvalue weighted by molar-refractivity contribution is 7.90. The van der Waals surface area contributed by atoms with Gasteiger partial charge in [-0.1, -0.05) is 11.6 Å². The van der Waals surface area contributed by atoms with Crippen LogP contribution in [0.4, 0.5) is 5.69 Å². The molecule has 0 unspecified atom stereocenters. The first-order chi connectivity index (χ1) is 9.36. The fraction of sp³-hybridized carbons (Fsp3) is 0.0714. The van der Waals surface area contributed by atoms with Crippen LogP contribution < -0.4 is 5.32 Å². The van der Waals surface area contributed by atoms with Crippen molar-refractivity contribution in [2.75, 3.05) is 11.6 Å². The van der Waals surface area contributed by atoms with Gasteiger partial charge < -0.3 is 5.32 Å². The van der Waals surface area contributed by atoms with Gasteiger partial charge in [0.2, 0.25) is 0 Å². The molecular formula is C14H12ClNO3S. The summed E-state index contributed by atoms with van der Waals surface area (Å²) in [5.74, 6) is -0.284. The van der Waals surface area contributed by atoms with Crippen molar-refractivity contribution < 1.29 is 13.2 Å². The summed E-state index contributed by atoms with van der Waals surface area (Å²) in [7, 11) is -3.23. The van der Waals surface area contributed by atoms with Gasteiger partial charge >= 0.3 is 0 Å². The Bertz CT molecular complexity index is 722. The van der Waals surface area contributed by atoms with E-state index in [-0.39, 0.29) is 10.8 Å². The number of anilines is 1. The van der Waals surface area contributed by atoms with Crippen LogP contribution >= 0.6 is 11.6 Å². The number of rotatable bonds is 3. The summed E-state index contributed by atoms with van der Waals surface area (Å²) in [5, 5.41) is 3.23. The number of hydrogen-bond donors (Lipinski definition) is 1. The highest BCUT2D eigenvalue weighted by Gasteiger charge is 2.08. The summed E-state index contributed by atoms with van der Waals surface area (Å²) in [5.41, 5.74) is 0.999. The average Bonchev–Trinajstić information content (AvgIpc) is 2.39. The fourth-order valence-corrected chi connectivity index (χ4v) is 2.35. The molecule has 2 aromatic carbocycles. The summed E-state index contributed by atoms with van der Waals surface area (Å²) in [6.07, 6.45) is 1.13. The maximum absolute atomic E-state index is 11.9. The zero-order valence-corrected chi connectivity index (χ0v) is 12.2. The zero-order valence-electron chi connectivity index (χ0n) is 10.6. The molecular weight excluding hydrogens is 298 g/mol. The first-order valence-corrected chi connectivity index (χ1v) is 8.00. The Labute approximate surface area is 122 Å². The van der Waals surface area contributed by atoms with Gasteiger partial charge in [0, 0.05) is 22.5 Å². The summed E-state index contributed by atoms with van der Waals surface area (Å²) in [6, 6.07) is 12.5. The molecule has 1 amide bonds. The Morgan fingerprint density at radius 3 is 2.05 bits per heavy atom. The van der Waals surface area contributed by atoms with E-state index in [4.69, 9.17) is 11.6 Å². The second kappa shape index (κ2) is 5.64. The molecule has 0 aliphatic carbocycles. The summed E-state index contributed by atoms with van der Waals surface area (Å²) in [4.78, 5) is 12.1. The normalized spacial score (nSPS) is 11.1. The lowest BCUT2D eigenvalue weighted by Crippen LogP contribution is -2.11. The predicted molar refractivity (Wildman–Crippen MR) is 79.0 cm³/mol. The molecule has 0 bridgehead atoms. The second-order valence-corrected chi connectivity index (χ2v) is 6.71. The van der Waals surface area contributed by atoms with Gasteiger partial charge in [0.05, 0.1) is 4.90 Å². The number of carbonyl (C=O) groups excluding carboxylic acids is 1. The van der Waals surface area contributed by atoms with E-state index in [2.05, 4.69) is 5.32 Å². The van der Waals surface area contributed by atoms with Crippen molar-refractivity contribution in [3.05, 3.63) is 59.1 Å². The van der Waals surface area contributed by atoms with Gasteiger partial charge in [0.15, 0.2) is 9.84 Å². The Balaban J connectivity index is 2.14. The quantitative estimate of drug-likeness (QED) is 0.948. The molecule has 0 aliphatic heterocycles. The Hall–Kier alpha value is -1.85.